The first-order valence-electron chi connectivity index (χ1n) is 10.9. The molecule has 0 fully saturated rings. The van der Waals surface area contributed by atoms with Crippen LogP contribution in [0.2, 0.25) is 0 Å². The molecule has 0 unspecified atom stereocenters. The standard InChI is InChI=1S/C25H26N4O6/c1-16(24(32)34-13-18-9-5-3-6-10-18)28-22(30)20-21(27-15-26-20)23(31)29-17(2)25(33)35-14-19-11-7-4-8-12-19/h3-12,15-17H,13-14H2,1-2H3,(H,26,27)(H,28,30)(H,29,31)/t16-,17-/m0/s1. The molecule has 0 aliphatic heterocycles. The van der Waals surface area contributed by atoms with E-state index in [4.69, 9.17) is 9.47 Å². The second-order valence-electron chi connectivity index (χ2n) is 7.70. The Kier molecular flexibility index (Phi) is 8.71. The molecule has 182 valence electrons. The molecule has 0 spiro atoms. The zero-order valence-electron chi connectivity index (χ0n) is 19.3. The van der Waals surface area contributed by atoms with E-state index in [1.807, 2.05) is 60.7 Å². The minimum Gasteiger partial charge on any atom is -0.459 e. The molecule has 3 aromatic rings. The summed E-state index contributed by atoms with van der Waals surface area (Å²) >= 11 is 0. The SMILES string of the molecule is C[C@H](NC(=O)c1nc[nH]c1C(=O)N[C@@H](C)C(=O)OCc1ccccc1)C(=O)OCc1ccccc1. The molecule has 2 atom stereocenters. The number of imidazole rings is 1. The minimum atomic E-state index is -0.981. The van der Waals surface area contributed by atoms with Gasteiger partial charge in [0, 0.05) is 0 Å². The van der Waals surface area contributed by atoms with E-state index in [1.165, 1.54) is 20.2 Å². The van der Waals surface area contributed by atoms with Crippen molar-refractivity contribution in [2.75, 3.05) is 0 Å². The Balaban J connectivity index is 1.51. The molecule has 3 N–H and O–H groups in total. The highest BCUT2D eigenvalue weighted by atomic mass is 16.5. The van der Waals surface area contributed by atoms with Crippen LogP contribution in [-0.2, 0) is 32.3 Å². The van der Waals surface area contributed by atoms with Crippen molar-refractivity contribution in [1.82, 2.24) is 20.6 Å². The van der Waals surface area contributed by atoms with Crippen molar-refractivity contribution in [2.45, 2.75) is 39.1 Å². The lowest BCUT2D eigenvalue weighted by Gasteiger charge is -2.15. The van der Waals surface area contributed by atoms with Crippen molar-refractivity contribution >= 4 is 23.8 Å². The third-order valence-corrected chi connectivity index (χ3v) is 4.93. The highest BCUT2D eigenvalue weighted by Crippen LogP contribution is 2.07. The average Bonchev–Trinajstić information content (AvgIpc) is 3.37. The monoisotopic (exact) mass is 478 g/mol. The summed E-state index contributed by atoms with van der Waals surface area (Å²) in [5.41, 5.74) is 1.23. The molecular formula is C25H26N4O6. The number of hydrogen-bond donors (Lipinski definition) is 3. The molecule has 0 saturated heterocycles. The van der Waals surface area contributed by atoms with Crippen LogP contribution in [0.25, 0.3) is 0 Å². The van der Waals surface area contributed by atoms with Crippen molar-refractivity contribution < 1.29 is 28.7 Å². The van der Waals surface area contributed by atoms with Gasteiger partial charge in [-0.05, 0) is 25.0 Å². The fourth-order valence-electron chi connectivity index (χ4n) is 3.00. The minimum absolute atomic E-state index is 0.0637. The second kappa shape index (κ2) is 12.1. The summed E-state index contributed by atoms with van der Waals surface area (Å²) in [4.78, 5) is 56.2. The molecular weight excluding hydrogens is 452 g/mol. The number of H-pyrrole nitrogens is 1. The van der Waals surface area contributed by atoms with Gasteiger partial charge in [-0.15, -0.1) is 0 Å². The predicted octanol–water partition coefficient (Wildman–Crippen LogP) is 2.13. The summed E-state index contributed by atoms with van der Waals surface area (Å²) in [6.45, 7) is 3.05. The van der Waals surface area contributed by atoms with Gasteiger partial charge in [-0.2, -0.15) is 0 Å². The number of benzene rings is 2. The van der Waals surface area contributed by atoms with Crippen LogP contribution in [0.5, 0.6) is 0 Å². The van der Waals surface area contributed by atoms with E-state index < -0.39 is 35.8 Å². The zero-order chi connectivity index (χ0) is 25.2. The normalized spacial score (nSPS) is 12.2. The van der Waals surface area contributed by atoms with E-state index in [-0.39, 0.29) is 24.6 Å². The van der Waals surface area contributed by atoms with Crippen molar-refractivity contribution in [2.24, 2.45) is 0 Å². The molecule has 1 aromatic heterocycles. The van der Waals surface area contributed by atoms with E-state index in [9.17, 15) is 19.2 Å². The third kappa shape index (κ3) is 7.26. The maximum atomic E-state index is 12.6. The number of rotatable bonds is 10. The number of ether oxygens (including phenoxy) is 2. The average molecular weight is 479 g/mol. The maximum Gasteiger partial charge on any atom is 0.328 e. The molecule has 3 rings (SSSR count). The summed E-state index contributed by atoms with van der Waals surface area (Å²) in [5, 5.41) is 4.93. The number of hydrogen-bond acceptors (Lipinski definition) is 7. The molecule has 35 heavy (non-hydrogen) atoms. The van der Waals surface area contributed by atoms with Gasteiger partial charge in [0.15, 0.2) is 5.69 Å². The number of carbonyl (C=O) groups excluding carboxylic acids is 4. The van der Waals surface area contributed by atoms with Gasteiger partial charge >= 0.3 is 11.9 Å². The van der Waals surface area contributed by atoms with Gasteiger partial charge in [-0.1, -0.05) is 60.7 Å². The number of amides is 2. The topological polar surface area (TPSA) is 139 Å². The zero-order valence-corrected chi connectivity index (χ0v) is 19.3. The highest BCUT2D eigenvalue weighted by molar-refractivity contribution is 6.06. The van der Waals surface area contributed by atoms with Gasteiger partial charge in [-0.3, -0.25) is 9.59 Å². The fraction of sp³-hybridized carbons (Fsp3) is 0.240. The van der Waals surface area contributed by atoms with Gasteiger partial charge in [-0.25, -0.2) is 14.6 Å². The first kappa shape index (κ1) is 25.2. The second-order valence-corrected chi connectivity index (χ2v) is 7.70. The van der Waals surface area contributed by atoms with Gasteiger partial charge < -0.3 is 25.1 Å². The first-order valence-corrected chi connectivity index (χ1v) is 10.9. The number of nitrogens with zero attached hydrogens (tertiary/aromatic N) is 1. The number of aromatic nitrogens is 2. The highest BCUT2D eigenvalue weighted by Gasteiger charge is 2.26. The van der Waals surface area contributed by atoms with Crippen molar-refractivity contribution in [3.8, 4) is 0 Å². The van der Waals surface area contributed by atoms with Gasteiger partial charge in [0.2, 0.25) is 0 Å². The van der Waals surface area contributed by atoms with Crippen molar-refractivity contribution in [3.63, 3.8) is 0 Å². The van der Waals surface area contributed by atoms with Crippen LogP contribution in [0.15, 0.2) is 67.0 Å². The largest absolute Gasteiger partial charge is 0.459 e. The van der Waals surface area contributed by atoms with Crippen LogP contribution >= 0.6 is 0 Å². The Hall–Kier alpha value is -4.47. The molecule has 0 saturated carbocycles. The summed E-state index contributed by atoms with van der Waals surface area (Å²) in [5.74, 6) is -2.75. The van der Waals surface area contributed by atoms with Crippen molar-refractivity contribution in [1.29, 1.82) is 0 Å². The molecule has 0 aliphatic carbocycles. The lowest BCUT2D eigenvalue weighted by molar-refractivity contribution is -0.147. The molecule has 0 radical (unpaired) electrons. The van der Waals surface area contributed by atoms with E-state index in [1.54, 1.807) is 0 Å². The molecule has 0 aliphatic rings. The fourth-order valence-corrected chi connectivity index (χ4v) is 3.00. The van der Waals surface area contributed by atoms with Crippen LogP contribution in [0, 0.1) is 0 Å². The van der Waals surface area contributed by atoms with Gasteiger partial charge in [0.05, 0.1) is 6.33 Å². The van der Waals surface area contributed by atoms with E-state index in [0.29, 0.717) is 0 Å². The van der Waals surface area contributed by atoms with Crippen LogP contribution < -0.4 is 10.6 Å². The van der Waals surface area contributed by atoms with E-state index >= 15 is 0 Å². The molecule has 2 amide bonds. The van der Waals surface area contributed by atoms with Crippen molar-refractivity contribution in [3.05, 3.63) is 89.5 Å². The molecule has 10 nitrogen and oxygen atoms in total. The lowest BCUT2D eigenvalue weighted by Crippen LogP contribution is -2.42. The Bertz CT molecular complexity index is 1070. The van der Waals surface area contributed by atoms with Crippen LogP contribution in [-0.4, -0.2) is 45.8 Å². The number of nitrogens with one attached hydrogen (secondary N) is 3. The van der Waals surface area contributed by atoms with E-state index in [2.05, 4.69) is 20.6 Å². The van der Waals surface area contributed by atoms with Crippen LogP contribution in [0.4, 0.5) is 0 Å². The van der Waals surface area contributed by atoms with Crippen LogP contribution in [0.3, 0.4) is 0 Å². The van der Waals surface area contributed by atoms with Crippen LogP contribution in [0.1, 0.15) is 46.0 Å². The number of esters is 2. The summed E-state index contributed by atoms with van der Waals surface area (Å²) in [7, 11) is 0. The Morgan fingerprint density at radius 1 is 0.771 bits per heavy atom. The first-order chi connectivity index (χ1) is 16.8. The van der Waals surface area contributed by atoms with Gasteiger partial charge in [0.25, 0.3) is 11.8 Å². The smallest absolute Gasteiger partial charge is 0.328 e. The molecule has 2 aromatic carbocycles. The quantitative estimate of drug-likeness (QED) is 0.379. The molecule has 0 bridgehead atoms. The number of aromatic amines is 1. The Labute approximate surface area is 202 Å². The summed E-state index contributed by atoms with van der Waals surface area (Å²) < 4.78 is 10.4. The third-order valence-electron chi connectivity index (χ3n) is 4.93. The summed E-state index contributed by atoms with van der Waals surface area (Å²) in [6.07, 6.45) is 1.17. The lowest BCUT2D eigenvalue weighted by atomic mass is 10.2. The van der Waals surface area contributed by atoms with E-state index in [0.717, 1.165) is 11.1 Å². The predicted molar refractivity (Wildman–Crippen MR) is 125 cm³/mol. The molecule has 1 heterocycles. The Morgan fingerprint density at radius 2 is 1.23 bits per heavy atom. The Morgan fingerprint density at radius 3 is 1.71 bits per heavy atom. The van der Waals surface area contributed by atoms with Gasteiger partial charge in [0.1, 0.15) is 31.0 Å². The summed E-state index contributed by atoms with van der Waals surface area (Å²) in [6, 6.07) is 16.3. The maximum absolute atomic E-state index is 12.6. The number of carbonyl (C=O) groups is 4. The molecule has 10 heteroatoms.